The van der Waals surface area contributed by atoms with Gasteiger partial charge in [-0.1, -0.05) is 18.2 Å². The van der Waals surface area contributed by atoms with Gasteiger partial charge in [-0.2, -0.15) is 5.10 Å². The molecule has 1 fully saturated rings. The van der Waals surface area contributed by atoms with Crippen LogP contribution in [0.15, 0.2) is 48.7 Å². The number of nitrogens with zero attached hydrogens (tertiary/aromatic N) is 5. The average Bonchev–Trinajstić information content (AvgIpc) is 3.27. The fourth-order valence-electron chi connectivity index (χ4n) is 3.09. The summed E-state index contributed by atoms with van der Waals surface area (Å²) in [4.78, 5) is 2.29. The molecular formula is C18H19N5. The molecule has 1 saturated heterocycles. The van der Waals surface area contributed by atoms with Crippen molar-refractivity contribution < 1.29 is 0 Å². The largest absolute Gasteiger partial charge is 0.355 e. The van der Waals surface area contributed by atoms with Crippen LogP contribution in [0.1, 0.15) is 12.8 Å². The highest BCUT2D eigenvalue weighted by atomic mass is 15.3. The lowest BCUT2D eigenvalue weighted by molar-refractivity contribution is 0.776. The highest BCUT2D eigenvalue weighted by Gasteiger charge is 2.14. The summed E-state index contributed by atoms with van der Waals surface area (Å²) in [6.45, 7) is 2.17. The first-order valence-electron chi connectivity index (χ1n) is 7.99. The van der Waals surface area contributed by atoms with E-state index in [1.165, 1.54) is 12.8 Å². The van der Waals surface area contributed by atoms with Gasteiger partial charge in [0.05, 0.1) is 11.4 Å². The van der Waals surface area contributed by atoms with E-state index in [9.17, 15) is 0 Å². The molecule has 0 spiro atoms. The van der Waals surface area contributed by atoms with Gasteiger partial charge < -0.3 is 4.90 Å². The SMILES string of the molecule is Cn1nccc1-c1cccc(-c2ccc(N3CCCC3)nn2)c1. The van der Waals surface area contributed by atoms with E-state index in [1.807, 2.05) is 30.1 Å². The topological polar surface area (TPSA) is 46.8 Å². The van der Waals surface area contributed by atoms with Gasteiger partial charge in [-0.15, -0.1) is 10.2 Å². The molecule has 2 aromatic heterocycles. The number of anilines is 1. The lowest BCUT2D eigenvalue weighted by Crippen LogP contribution is -2.19. The molecular weight excluding hydrogens is 286 g/mol. The number of aryl methyl sites for hydroxylation is 1. The zero-order valence-corrected chi connectivity index (χ0v) is 13.2. The van der Waals surface area contributed by atoms with Gasteiger partial charge in [-0.3, -0.25) is 4.68 Å². The van der Waals surface area contributed by atoms with Crippen molar-refractivity contribution in [2.45, 2.75) is 12.8 Å². The zero-order chi connectivity index (χ0) is 15.6. The Morgan fingerprint density at radius 2 is 1.74 bits per heavy atom. The van der Waals surface area contributed by atoms with Crippen molar-refractivity contribution in [2.75, 3.05) is 18.0 Å². The van der Waals surface area contributed by atoms with E-state index in [4.69, 9.17) is 0 Å². The van der Waals surface area contributed by atoms with Crippen LogP contribution in [0.5, 0.6) is 0 Å². The second kappa shape index (κ2) is 5.83. The molecule has 0 unspecified atom stereocenters. The molecule has 0 saturated carbocycles. The molecule has 3 heterocycles. The maximum absolute atomic E-state index is 4.42. The summed E-state index contributed by atoms with van der Waals surface area (Å²) in [6.07, 6.45) is 4.30. The highest BCUT2D eigenvalue weighted by molar-refractivity contribution is 5.69. The molecule has 1 aliphatic rings. The molecule has 4 rings (SSSR count). The van der Waals surface area contributed by atoms with Gasteiger partial charge in [-0.25, -0.2) is 0 Å². The van der Waals surface area contributed by atoms with E-state index in [2.05, 4.69) is 50.5 Å². The third-order valence-electron chi connectivity index (χ3n) is 4.36. The molecule has 1 aliphatic heterocycles. The van der Waals surface area contributed by atoms with E-state index in [1.54, 1.807) is 0 Å². The van der Waals surface area contributed by atoms with Gasteiger partial charge in [0, 0.05) is 37.5 Å². The molecule has 0 aliphatic carbocycles. The summed E-state index contributed by atoms with van der Waals surface area (Å²) < 4.78 is 1.88. The van der Waals surface area contributed by atoms with Crippen molar-refractivity contribution in [3.8, 4) is 22.5 Å². The third kappa shape index (κ3) is 2.70. The van der Waals surface area contributed by atoms with Crippen molar-refractivity contribution >= 4 is 5.82 Å². The standard InChI is InChI=1S/C18H19N5/c1-22-17(9-10-19-22)15-6-4-5-14(13-15)16-7-8-18(21-20-16)23-11-2-3-12-23/h4-10,13H,2-3,11-12H2,1H3. The van der Waals surface area contributed by atoms with Crippen molar-refractivity contribution in [1.82, 2.24) is 20.0 Å². The summed E-state index contributed by atoms with van der Waals surface area (Å²) >= 11 is 0. The quantitative estimate of drug-likeness (QED) is 0.746. The summed E-state index contributed by atoms with van der Waals surface area (Å²) in [5.74, 6) is 0.981. The van der Waals surface area contributed by atoms with E-state index >= 15 is 0 Å². The number of rotatable bonds is 3. The molecule has 0 amide bonds. The van der Waals surface area contributed by atoms with Crippen LogP contribution in [0, 0.1) is 0 Å². The Labute approximate surface area is 135 Å². The summed E-state index contributed by atoms with van der Waals surface area (Å²) in [7, 11) is 1.95. The molecule has 0 radical (unpaired) electrons. The van der Waals surface area contributed by atoms with Crippen LogP contribution >= 0.6 is 0 Å². The lowest BCUT2D eigenvalue weighted by Gasteiger charge is -2.15. The van der Waals surface area contributed by atoms with E-state index in [0.717, 1.165) is 41.4 Å². The van der Waals surface area contributed by atoms with Crippen LogP contribution in [0.3, 0.4) is 0 Å². The molecule has 116 valence electrons. The fraction of sp³-hybridized carbons (Fsp3) is 0.278. The lowest BCUT2D eigenvalue weighted by atomic mass is 10.1. The highest BCUT2D eigenvalue weighted by Crippen LogP contribution is 2.25. The first-order chi connectivity index (χ1) is 11.3. The second-order valence-electron chi connectivity index (χ2n) is 5.89. The number of aromatic nitrogens is 4. The van der Waals surface area contributed by atoms with E-state index in [-0.39, 0.29) is 0 Å². The predicted octanol–water partition coefficient (Wildman–Crippen LogP) is 3.14. The molecule has 0 bridgehead atoms. The molecule has 3 aromatic rings. The van der Waals surface area contributed by atoms with Crippen molar-refractivity contribution in [2.24, 2.45) is 7.05 Å². The number of hydrogen-bond acceptors (Lipinski definition) is 4. The first-order valence-corrected chi connectivity index (χ1v) is 7.99. The molecule has 0 N–H and O–H groups in total. The number of benzene rings is 1. The van der Waals surface area contributed by atoms with Gasteiger partial charge in [0.1, 0.15) is 0 Å². The number of hydrogen-bond donors (Lipinski definition) is 0. The Kier molecular flexibility index (Phi) is 3.54. The van der Waals surface area contributed by atoms with Gasteiger partial charge >= 0.3 is 0 Å². The maximum atomic E-state index is 4.42. The Morgan fingerprint density at radius 1 is 0.913 bits per heavy atom. The van der Waals surface area contributed by atoms with Crippen molar-refractivity contribution in [1.29, 1.82) is 0 Å². The molecule has 5 heteroatoms. The van der Waals surface area contributed by atoms with Gasteiger partial charge in [0.15, 0.2) is 5.82 Å². The van der Waals surface area contributed by atoms with Crippen molar-refractivity contribution in [3.05, 3.63) is 48.7 Å². The van der Waals surface area contributed by atoms with Gasteiger partial charge in [0.2, 0.25) is 0 Å². The Morgan fingerprint density at radius 3 is 2.43 bits per heavy atom. The van der Waals surface area contributed by atoms with Crippen LogP contribution in [0.4, 0.5) is 5.82 Å². The predicted molar refractivity (Wildman–Crippen MR) is 91.1 cm³/mol. The third-order valence-corrected chi connectivity index (χ3v) is 4.36. The van der Waals surface area contributed by atoms with E-state index < -0.39 is 0 Å². The smallest absolute Gasteiger partial charge is 0.151 e. The minimum Gasteiger partial charge on any atom is -0.355 e. The summed E-state index contributed by atoms with van der Waals surface area (Å²) in [5.41, 5.74) is 4.20. The summed E-state index contributed by atoms with van der Waals surface area (Å²) in [6, 6.07) is 14.5. The normalized spacial score (nSPS) is 14.4. The van der Waals surface area contributed by atoms with Crippen LogP contribution in [0.25, 0.3) is 22.5 Å². The van der Waals surface area contributed by atoms with Crippen LogP contribution in [0.2, 0.25) is 0 Å². The first kappa shape index (κ1) is 13.9. The van der Waals surface area contributed by atoms with Crippen LogP contribution in [-0.4, -0.2) is 33.1 Å². The minimum absolute atomic E-state index is 0.900. The van der Waals surface area contributed by atoms with E-state index in [0.29, 0.717) is 0 Å². The minimum atomic E-state index is 0.900. The Hall–Kier alpha value is -2.69. The molecule has 0 atom stereocenters. The molecule has 5 nitrogen and oxygen atoms in total. The molecule has 1 aromatic carbocycles. The van der Waals surface area contributed by atoms with Crippen molar-refractivity contribution in [3.63, 3.8) is 0 Å². The monoisotopic (exact) mass is 305 g/mol. The average molecular weight is 305 g/mol. The zero-order valence-electron chi connectivity index (χ0n) is 13.2. The van der Waals surface area contributed by atoms with Gasteiger partial charge in [-0.05, 0) is 37.1 Å². The Bertz CT molecular complexity index is 800. The summed E-state index contributed by atoms with van der Waals surface area (Å²) in [5, 5.41) is 13.1. The second-order valence-corrected chi connectivity index (χ2v) is 5.89. The fourth-order valence-corrected chi connectivity index (χ4v) is 3.09. The van der Waals surface area contributed by atoms with Crippen LogP contribution in [-0.2, 0) is 7.05 Å². The maximum Gasteiger partial charge on any atom is 0.151 e. The Balaban J connectivity index is 1.64. The van der Waals surface area contributed by atoms with Crippen LogP contribution < -0.4 is 4.90 Å². The van der Waals surface area contributed by atoms with Gasteiger partial charge in [0.25, 0.3) is 0 Å². The molecule has 23 heavy (non-hydrogen) atoms.